The van der Waals surface area contributed by atoms with Crippen molar-refractivity contribution >= 4 is 28.0 Å². The van der Waals surface area contributed by atoms with Crippen LogP contribution in [0.25, 0.3) is 22.1 Å². The van der Waals surface area contributed by atoms with Gasteiger partial charge in [0.2, 0.25) is 5.91 Å². The summed E-state index contributed by atoms with van der Waals surface area (Å²) < 4.78 is 5.37. The highest BCUT2D eigenvalue weighted by Gasteiger charge is 2.12. The first-order valence-electron chi connectivity index (χ1n) is 9.39. The fourth-order valence-electron chi connectivity index (χ4n) is 3.67. The molecule has 7 nitrogen and oxygen atoms in total. The molecule has 1 amide bonds. The standard InChI is InChI=1S/C21H23N5O2/c1-15-23-16-7-3-4-8-17(16)25(15)14-12-22-20(27)11-13-26-19-10-6-5-9-18(19)24(2)21(26)28/h3-10H,11-14H2,1-2H3,(H,22,27). The second-order valence-electron chi connectivity index (χ2n) is 6.88. The quantitative estimate of drug-likeness (QED) is 0.560. The summed E-state index contributed by atoms with van der Waals surface area (Å²) in [5.74, 6) is 0.861. The van der Waals surface area contributed by atoms with Crippen molar-refractivity contribution in [3.05, 3.63) is 64.8 Å². The van der Waals surface area contributed by atoms with Gasteiger partial charge in [0.1, 0.15) is 5.82 Å². The van der Waals surface area contributed by atoms with Gasteiger partial charge in [-0.3, -0.25) is 13.9 Å². The lowest BCUT2D eigenvalue weighted by Gasteiger charge is -2.09. The van der Waals surface area contributed by atoms with Crippen LogP contribution in [0.1, 0.15) is 12.2 Å². The second kappa shape index (κ2) is 7.34. The Hall–Kier alpha value is -3.35. The normalized spacial score (nSPS) is 11.4. The zero-order chi connectivity index (χ0) is 19.7. The zero-order valence-corrected chi connectivity index (χ0v) is 16.1. The molecule has 144 valence electrons. The largest absolute Gasteiger partial charge is 0.354 e. The van der Waals surface area contributed by atoms with Gasteiger partial charge in [-0.25, -0.2) is 9.78 Å². The highest BCUT2D eigenvalue weighted by atomic mass is 16.2. The Morgan fingerprint density at radius 3 is 2.43 bits per heavy atom. The first-order chi connectivity index (χ1) is 13.6. The Kier molecular flexibility index (Phi) is 4.73. The van der Waals surface area contributed by atoms with Crippen molar-refractivity contribution in [2.75, 3.05) is 6.54 Å². The molecule has 0 spiro atoms. The summed E-state index contributed by atoms with van der Waals surface area (Å²) in [7, 11) is 1.75. The fraction of sp³-hybridized carbons (Fsp3) is 0.286. The minimum absolute atomic E-state index is 0.0677. The van der Waals surface area contributed by atoms with Crippen molar-refractivity contribution in [3.63, 3.8) is 0 Å². The molecule has 0 bridgehead atoms. The van der Waals surface area contributed by atoms with Crippen LogP contribution in [-0.2, 0) is 24.9 Å². The second-order valence-corrected chi connectivity index (χ2v) is 6.88. The summed E-state index contributed by atoms with van der Waals surface area (Å²) in [5, 5.41) is 2.95. The first-order valence-corrected chi connectivity index (χ1v) is 9.39. The molecule has 0 unspecified atom stereocenters. The van der Waals surface area contributed by atoms with Crippen molar-refractivity contribution < 1.29 is 4.79 Å². The maximum Gasteiger partial charge on any atom is 0.328 e. The predicted molar refractivity (Wildman–Crippen MR) is 109 cm³/mol. The molecule has 7 heteroatoms. The number of nitrogens with zero attached hydrogens (tertiary/aromatic N) is 4. The van der Waals surface area contributed by atoms with Crippen LogP contribution in [0.2, 0.25) is 0 Å². The molecular weight excluding hydrogens is 354 g/mol. The molecule has 0 radical (unpaired) electrons. The van der Waals surface area contributed by atoms with E-state index in [0.29, 0.717) is 19.6 Å². The average molecular weight is 377 g/mol. The average Bonchev–Trinajstić information content (AvgIpc) is 3.15. The Bertz CT molecular complexity index is 1210. The molecule has 0 aliphatic rings. The number of amides is 1. The van der Waals surface area contributed by atoms with Gasteiger partial charge in [0, 0.05) is 33.1 Å². The maximum atomic E-state index is 12.4. The van der Waals surface area contributed by atoms with Crippen LogP contribution in [0.4, 0.5) is 0 Å². The fourth-order valence-corrected chi connectivity index (χ4v) is 3.67. The van der Waals surface area contributed by atoms with Crippen LogP contribution in [-0.4, -0.2) is 31.1 Å². The van der Waals surface area contributed by atoms with Gasteiger partial charge in [0.15, 0.2) is 0 Å². The highest BCUT2D eigenvalue weighted by molar-refractivity contribution is 5.78. The third-order valence-corrected chi connectivity index (χ3v) is 5.12. The van der Waals surface area contributed by atoms with E-state index in [1.165, 1.54) is 0 Å². The van der Waals surface area contributed by atoms with Crippen molar-refractivity contribution in [1.29, 1.82) is 0 Å². The van der Waals surface area contributed by atoms with Crippen molar-refractivity contribution in [2.24, 2.45) is 7.05 Å². The van der Waals surface area contributed by atoms with Gasteiger partial charge in [0.25, 0.3) is 0 Å². The summed E-state index contributed by atoms with van der Waals surface area (Å²) in [6.45, 7) is 3.50. The van der Waals surface area contributed by atoms with Crippen LogP contribution >= 0.6 is 0 Å². The van der Waals surface area contributed by atoms with Crippen molar-refractivity contribution in [3.8, 4) is 0 Å². The van der Waals surface area contributed by atoms with E-state index in [2.05, 4.69) is 14.9 Å². The van der Waals surface area contributed by atoms with Crippen molar-refractivity contribution in [2.45, 2.75) is 26.4 Å². The minimum atomic E-state index is -0.102. The molecule has 4 aromatic rings. The molecular formula is C21H23N5O2. The molecule has 0 saturated carbocycles. The summed E-state index contributed by atoms with van der Waals surface area (Å²) in [5.41, 5.74) is 3.64. The number of hydrogen-bond donors (Lipinski definition) is 1. The lowest BCUT2D eigenvalue weighted by Crippen LogP contribution is -2.30. The number of benzene rings is 2. The Morgan fingerprint density at radius 2 is 1.64 bits per heavy atom. The van der Waals surface area contributed by atoms with E-state index in [9.17, 15) is 9.59 Å². The molecule has 1 N–H and O–H groups in total. The third-order valence-electron chi connectivity index (χ3n) is 5.12. The molecule has 0 saturated heterocycles. The van der Waals surface area contributed by atoms with Gasteiger partial charge in [0.05, 0.1) is 22.1 Å². The molecule has 2 aromatic heterocycles. The SMILES string of the molecule is Cc1nc2ccccc2n1CCNC(=O)CCn1c(=O)n(C)c2ccccc21. The van der Waals surface area contributed by atoms with Gasteiger partial charge in [-0.1, -0.05) is 24.3 Å². The Balaban J connectivity index is 1.37. The molecule has 2 aromatic carbocycles. The van der Waals surface area contributed by atoms with E-state index in [1.54, 1.807) is 16.2 Å². The number of para-hydroxylation sites is 4. The molecule has 0 fully saturated rings. The maximum absolute atomic E-state index is 12.4. The van der Waals surface area contributed by atoms with Gasteiger partial charge in [-0.2, -0.15) is 0 Å². The number of nitrogens with one attached hydrogen (secondary N) is 1. The minimum Gasteiger partial charge on any atom is -0.354 e. The molecule has 28 heavy (non-hydrogen) atoms. The summed E-state index contributed by atoms with van der Waals surface area (Å²) in [6, 6.07) is 15.6. The monoisotopic (exact) mass is 377 g/mol. The number of aryl methyl sites for hydroxylation is 3. The summed E-state index contributed by atoms with van der Waals surface area (Å²) >= 11 is 0. The molecule has 0 atom stereocenters. The third kappa shape index (κ3) is 3.19. The van der Waals surface area contributed by atoms with E-state index >= 15 is 0 Å². The van der Waals surface area contributed by atoms with Crippen LogP contribution < -0.4 is 11.0 Å². The van der Waals surface area contributed by atoms with Crippen LogP contribution in [0.3, 0.4) is 0 Å². The number of rotatable bonds is 6. The number of carbonyl (C=O) groups is 1. The Morgan fingerprint density at radius 1 is 0.964 bits per heavy atom. The smallest absolute Gasteiger partial charge is 0.328 e. The van der Waals surface area contributed by atoms with Gasteiger partial charge in [-0.05, 0) is 31.2 Å². The lowest BCUT2D eigenvalue weighted by molar-refractivity contribution is -0.121. The van der Waals surface area contributed by atoms with Gasteiger partial charge < -0.3 is 9.88 Å². The lowest BCUT2D eigenvalue weighted by atomic mass is 10.3. The van der Waals surface area contributed by atoms with E-state index in [0.717, 1.165) is 27.9 Å². The highest BCUT2D eigenvalue weighted by Crippen LogP contribution is 2.15. The topological polar surface area (TPSA) is 73.8 Å². The number of aromatic nitrogens is 4. The molecule has 0 aliphatic carbocycles. The summed E-state index contributed by atoms with van der Waals surface area (Å²) in [4.78, 5) is 29.2. The number of imidazole rings is 2. The Labute approximate surface area is 162 Å². The first kappa shape index (κ1) is 18.0. The van der Waals surface area contributed by atoms with Crippen molar-refractivity contribution in [1.82, 2.24) is 24.0 Å². The summed E-state index contributed by atoms with van der Waals surface area (Å²) in [6.07, 6.45) is 0.261. The van der Waals surface area contributed by atoms with Gasteiger partial charge in [-0.15, -0.1) is 0 Å². The van der Waals surface area contributed by atoms with Crippen LogP contribution in [0.5, 0.6) is 0 Å². The van der Waals surface area contributed by atoms with E-state index in [-0.39, 0.29) is 18.0 Å². The van der Waals surface area contributed by atoms with Crippen LogP contribution in [0, 0.1) is 6.92 Å². The van der Waals surface area contributed by atoms with E-state index in [1.807, 2.05) is 55.5 Å². The molecule has 2 heterocycles. The van der Waals surface area contributed by atoms with E-state index in [4.69, 9.17) is 0 Å². The molecule has 4 rings (SSSR count). The van der Waals surface area contributed by atoms with E-state index < -0.39 is 0 Å². The number of fused-ring (bicyclic) bond motifs is 2. The van der Waals surface area contributed by atoms with Crippen LogP contribution in [0.15, 0.2) is 53.3 Å². The molecule has 0 aliphatic heterocycles. The van der Waals surface area contributed by atoms with Gasteiger partial charge >= 0.3 is 5.69 Å². The number of carbonyl (C=O) groups excluding carboxylic acids is 1. The predicted octanol–water partition coefficient (Wildman–Crippen LogP) is 2.20. The number of hydrogen-bond acceptors (Lipinski definition) is 3. The zero-order valence-electron chi connectivity index (χ0n) is 16.1.